The molecule has 36 heavy (non-hydrogen) atoms. The molecule has 186 valence electrons. The van der Waals surface area contributed by atoms with Crippen molar-refractivity contribution in [2.75, 3.05) is 24.5 Å². The molecule has 5 rings (SSSR count). The minimum Gasteiger partial charge on any atom is -0.435 e. The van der Waals surface area contributed by atoms with Crippen LogP contribution in [-0.2, 0) is 13.0 Å². The van der Waals surface area contributed by atoms with Crippen LogP contribution in [0.1, 0.15) is 46.4 Å². The van der Waals surface area contributed by atoms with Crippen LogP contribution in [0.4, 0.5) is 16.0 Å². The average Bonchev–Trinajstić information content (AvgIpc) is 2.90. The Bertz CT molecular complexity index is 1330. The zero-order chi connectivity index (χ0) is 25.2. The van der Waals surface area contributed by atoms with Crippen molar-refractivity contribution in [1.29, 1.82) is 0 Å². The van der Waals surface area contributed by atoms with E-state index in [1.54, 1.807) is 36.1 Å². The summed E-state index contributed by atoms with van der Waals surface area (Å²) in [6.45, 7) is 3.86. The standard InChI is InChI=1S/C26H26FN5O4/c1-17-9-10-18(15-22(17)32(34)35)25(33)31-14-11-21-19(16-31)24(36-23-8-4-3-7-20(23)27)29-26(28-21)30-12-5-2-6-13-30/h3-4,7-10,15H,2,5-6,11-14,16H2,1H3. The summed E-state index contributed by atoms with van der Waals surface area (Å²) in [5.41, 5.74) is 1.99. The largest absolute Gasteiger partial charge is 0.435 e. The van der Waals surface area contributed by atoms with Gasteiger partial charge in [-0.2, -0.15) is 4.98 Å². The van der Waals surface area contributed by atoms with E-state index in [1.165, 1.54) is 18.2 Å². The Morgan fingerprint density at radius 1 is 1.08 bits per heavy atom. The van der Waals surface area contributed by atoms with Crippen molar-refractivity contribution in [3.05, 3.63) is 80.8 Å². The Morgan fingerprint density at radius 2 is 1.86 bits per heavy atom. The Morgan fingerprint density at radius 3 is 2.61 bits per heavy atom. The number of rotatable bonds is 5. The van der Waals surface area contributed by atoms with Gasteiger partial charge in [-0.15, -0.1) is 0 Å². The molecule has 0 aliphatic carbocycles. The van der Waals surface area contributed by atoms with Gasteiger partial charge in [0.1, 0.15) is 0 Å². The highest BCUT2D eigenvalue weighted by atomic mass is 19.1. The number of halogens is 1. The summed E-state index contributed by atoms with van der Waals surface area (Å²) in [7, 11) is 0. The zero-order valence-electron chi connectivity index (χ0n) is 19.9. The Labute approximate surface area is 207 Å². The van der Waals surface area contributed by atoms with Crippen LogP contribution < -0.4 is 9.64 Å². The van der Waals surface area contributed by atoms with Gasteiger partial charge in [0.05, 0.1) is 22.7 Å². The number of hydrogen-bond acceptors (Lipinski definition) is 7. The van der Waals surface area contributed by atoms with Crippen molar-refractivity contribution in [3.63, 3.8) is 0 Å². The molecule has 3 heterocycles. The van der Waals surface area contributed by atoms with Crippen molar-refractivity contribution < 1.29 is 18.8 Å². The number of carbonyl (C=O) groups excluding carboxylic acids is 1. The summed E-state index contributed by atoms with van der Waals surface area (Å²) < 4.78 is 20.4. The number of hydrogen-bond donors (Lipinski definition) is 0. The summed E-state index contributed by atoms with van der Waals surface area (Å²) in [5, 5.41) is 11.4. The van der Waals surface area contributed by atoms with Gasteiger partial charge in [-0.05, 0) is 44.4 Å². The average molecular weight is 492 g/mol. The molecule has 1 amide bonds. The number of aryl methyl sites for hydroxylation is 1. The van der Waals surface area contributed by atoms with Crippen LogP contribution >= 0.6 is 0 Å². The number of aromatic nitrogens is 2. The summed E-state index contributed by atoms with van der Waals surface area (Å²) in [5.74, 6) is -0.0341. The van der Waals surface area contributed by atoms with E-state index in [0.717, 1.165) is 38.0 Å². The topological polar surface area (TPSA) is 102 Å². The van der Waals surface area contributed by atoms with Crippen molar-refractivity contribution in [3.8, 4) is 11.6 Å². The molecule has 1 fully saturated rings. The summed E-state index contributed by atoms with van der Waals surface area (Å²) in [4.78, 5) is 37.3. The quantitative estimate of drug-likeness (QED) is 0.373. The number of amides is 1. The van der Waals surface area contributed by atoms with E-state index in [0.29, 0.717) is 30.0 Å². The second kappa shape index (κ2) is 9.88. The summed E-state index contributed by atoms with van der Waals surface area (Å²) in [6.07, 6.45) is 3.73. The number of nitro groups is 1. The minimum absolute atomic E-state index is 0.0422. The SMILES string of the molecule is Cc1ccc(C(=O)N2CCc3nc(N4CCCCC4)nc(Oc4ccccc4F)c3C2)cc1[N+](=O)[O-]. The van der Waals surface area contributed by atoms with E-state index in [-0.39, 0.29) is 35.3 Å². The van der Waals surface area contributed by atoms with Crippen LogP contribution in [0.25, 0.3) is 0 Å². The third kappa shape index (κ3) is 4.71. The number of fused-ring (bicyclic) bond motifs is 1. The first-order valence-electron chi connectivity index (χ1n) is 12.0. The highest BCUT2D eigenvalue weighted by Crippen LogP contribution is 2.33. The molecule has 2 aromatic carbocycles. The molecule has 0 N–H and O–H groups in total. The number of carbonyl (C=O) groups is 1. The van der Waals surface area contributed by atoms with Crippen LogP contribution in [0.15, 0.2) is 42.5 Å². The van der Waals surface area contributed by atoms with E-state index in [2.05, 4.69) is 9.88 Å². The smallest absolute Gasteiger partial charge is 0.273 e. The van der Waals surface area contributed by atoms with Crippen molar-refractivity contribution in [2.24, 2.45) is 0 Å². The number of anilines is 1. The number of nitro benzene ring substituents is 1. The predicted octanol–water partition coefficient (Wildman–Crippen LogP) is 4.81. The second-order valence-corrected chi connectivity index (χ2v) is 9.07. The first kappa shape index (κ1) is 23.7. The van der Waals surface area contributed by atoms with Crippen LogP contribution in [-0.4, -0.2) is 45.3 Å². The van der Waals surface area contributed by atoms with E-state index in [1.807, 2.05) is 0 Å². The number of nitrogens with zero attached hydrogens (tertiary/aromatic N) is 5. The molecule has 1 saturated heterocycles. The van der Waals surface area contributed by atoms with Gasteiger partial charge in [-0.3, -0.25) is 14.9 Å². The first-order chi connectivity index (χ1) is 17.4. The fourth-order valence-corrected chi connectivity index (χ4v) is 4.62. The van der Waals surface area contributed by atoms with Gasteiger partial charge in [0.25, 0.3) is 11.6 Å². The van der Waals surface area contributed by atoms with Crippen LogP contribution in [0.3, 0.4) is 0 Å². The van der Waals surface area contributed by atoms with E-state index in [9.17, 15) is 19.3 Å². The lowest BCUT2D eigenvalue weighted by molar-refractivity contribution is -0.385. The van der Waals surface area contributed by atoms with Crippen LogP contribution in [0, 0.1) is 22.9 Å². The van der Waals surface area contributed by atoms with Gasteiger partial charge in [0.2, 0.25) is 11.8 Å². The molecule has 0 unspecified atom stereocenters. The normalized spacial score (nSPS) is 15.4. The monoisotopic (exact) mass is 491 g/mol. The van der Waals surface area contributed by atoms with E-state index >= 15 is 0 Å². The molecule has 0 saturated carbocycles. The highest BCUT2D eigenvalue weighted by molar-refractivity contribution is 5.95. The Hall–Kier alpha value is -4.08. The molecule has 0 bridgehead atoms. The third-order valence-corrected chi connectivity index (χ3v) is 6.63. The molecule has 0 atom stereocenters. The van der Waals surface area contributed by atoms with Crippen molar-refractivity contribution >= 4 is 17.5 Å². The van der Waals surface area contributed by atoms with Gasteiger partial charge < -0.3 is 14.5 Å². The minimum atomic E-state index is -0.514. The lowest BCUT2D eigenvalue weighted by Crippen LogP contribution is -2.37. The van der Waals surface area contributed by atoms with Crippen molar-refractivity contribution in [1.82, 2.24) is 14.9 Å². The maximum Gasteiger partial charge on any atom is 0.273 e. The van der Waals surface area contributed by atoms with Gasteiger partial charge >= 0.3 is 0 Å². The Balaban J connectivity index is 1.49. The second-order valence-electron chi connectivity index (χ2n) is 9.07. The molecule has 0 radical (unpaired) electrons. The van der Waals surface area contributed by atoms with E-state index < -0.39 is 10.7 Å². The lowest BCUT2D eigenvalue weighted by Gasteiger charge is -2.32. The lowest BCUT2D eigenvalue weighted by atomic mass is 10.0. The predicted molar refractivity (Wildman–Crippen MR) is 131 cm³/mol. The third-order valence-electron chi connectivity index (χ3n) is 6.63. The molecule has 1 aromatic heterocycles. The molecular formula is C26H26FN5O4. The van der Waals surface area contributed by atoms with Gasteiger partial charge in [0, 0.05) is 43.2 Å². The highest BCUT2D eigenvalue weighted by Gasteiger charge is 2.29. The Kier molecular flexibility index (Phi) is 6.49. The molecule has 2 aliphatic heterocycles. The number of piperidine rings is 1. The maximum atomic E-state index is 14.4. The number of ether oxygens (including phenoxy) is 1. The summed E-state index contributed by atoms with van der Waals surface area (Å²) in [6, 6.07) is 10.6. The maximum absolute atomic E-state index is 14.4. The first-order valence-corrected chi connectivity index (χ1v) is 12.0. The number of para-hydroxylation sites is 1. The van der Waals surface area contributed by atoms with Gasteiger partial charge in [-0.25, -0.2) is 9.37 Å². The van der Waals surface area contributed by atoms with Gasteiger partial charge in [0.15, 0.2) is 11.6 Å². The molecule has 9 nitrogen and oxygen atoms in total. The van der Waals surface area contributed by atoms with Crippen molar-refractivity contribution in [2.45, 2.75) is 39.2 Å². The fraction of sp³-hybridized carbons (Fsp3) is 0.346. The van der Waals surface area contributed by atoms with Crippen LogP contribution in [0.2, 0.25) is 0 Å². The molecule has 2 aliphatic rings. The molecule has 3 aromatic rings. The van der Waals surface area contributed by atoms with E-state index in [4.69, 9.17) is 9.72 Å². The fourth-order valence-electron chi connectivity index (χ4n) is 4.62. The molecule has 10 heteroatoms. The zero-order valence-corrected chi connectivity index (χ0v) is 19.9. The number of benzene rings is 2. The molecule has 0 spiro atoms. The van der Waals surface area contributed by atoms with Gasteiger partial charge in [-0.1, -0.05) is 18.2 Å². The van der Waals surface area contributed by atoms with Crippen LogP contribution in [0.5, 0.6) is 11.6 Å². The summed E-state index contributed by atoms with van der Waals surface area (Å²) >= 11 is 0. The molecular weight excluding hydrogens is 465 g/mol.